The van der Waals surface area contributed by atoms with Gasteiger partial charge in [0.05, 0.1) is 5.92 Å². The maximum atomic E-state index is 11.0. The summed E-state index contributed by atoms with van der Waals surface area (Å²) < 4.78 is 0. The Balaban J connectivity index is 1.47. The van der Waals surface area contributed by atoms with E-state index in [9.17, 15) is 4.79 Å². The van der Waals surface area contributed by atoms with Gasteiger partial charge in [-0.25, -0.2) is 0 Å². The highest BCUT2D eigenvalue weighted by Gasteiger charge is 2.39. The number of aliphatic carboxylic acids is 1. The van der Waals surface area contributed by atoms with Crippen LogP contribution in [0.3, 0.4) is 0 Å². The number of piperidine rings is 1. The van der Waals surface area contributed by atoms with Crippen molar-refractivity contribution in [1.82, 2.24) is 10.2 Å². The van der Waals surface area contributed by atoms with Crippen molar-refractivity contribution in [3.8, 4) is 0 Å². The zero-order valence-electron chi connectivity index (χ0n) is 11.8. The van der Waals surface area contributed by atoms with Crippen molar-refractivity contribution >= 4 is 5.97 Å². The first-order valence-corrected chi connectivity index (χ1v) is 7.84. The van der Waals surface area contributed by atoms with Crippen LogP contribution in [-0.4, -0.2) is 47.2 Å². The molecule has 2 heterocycles. The number of nitrogens with one attached hydrogen (secondary N) is 1. The van der Waals surface area contributed by atoms with Crippen LogP contribution in [0.25, 0.3) is 0 Å². The number of hydrogen-bond acceptors (Lipinski definition) is 3. The molecule has 0 amide bonds. The number of nitrogens with zero attached hydrogens (tertiary/aromatic N) is 1. The molecule has 1 saturated carbocycles. The van der Waals surface area contributed by atoms with Crippen molar-refractivity contribution in [3.63, 3.8) is 0 Å². The number of carboxylic acids is 1. The largest absolute Gasteiger partial charge is 0.481 e. The molecule has 0 aromatic carbocycles. The molecule has 2 saturated heterocycles. The van der Waals surface area contributed by atoms with Gasteiger partial charge in [0.25, 0.3) is 0 Å². The zero-order chi connectivity index (χ0) is 13.4. The Labute approximate surface area is 115 Å². The fourth-order valence-corrected chi connectivity index (χ4v) is 4.39. The third kappa shape index (κ3) is 2.79. The van der Waals surface area contributed by atoms with Crippen molar-refractivity contribution < 1.29 is 9.90 Å². The molecule has 2 atom stereocenters. The van der Waals surface area contributed by atoms with E-state index in [1.54, 1.807) is 0 Å². The van der Waals surface area contributed by atoms with E-state index in [2.05, 4.69) is 17.3 Å². The third-order valence-electron chi connectivity index (χ3n) is 5.65. The molecule has 0 aromatic heterocycles. The van der Waals surface area contributed by atoms with Gasteiger partial charge >= 0.3 is 5.97 Å². The summed E-state index contributed by atoms with van der Waals surface area (Å²) in [5.41, 5.74) is 0. The van der Waals surface area contributed by atoms with Gasteiger partial charge in [-0.3, -0.25) is 4.79 Å². The monoisotopic (exact) mass is 266 g/mol. The van der Waals surface area contributed by atoms with Crippen LogP contribution >= 0.6 is 0 Å². The van der Waals surface area contributed by atoms with E-state index in [-0.39, 0.29) is 5.92 Å². The Morgan fingerprint density at radius 1 is 1.00 bits per heavy atom. The quantitative estimate of drug-likeness (QED) is 0.818. The summed E-state index contributed by atoms with van der Waals surface area (Å²) in [6, 6.07) is 2.79. The number of hydrogen-bond donors (Lipinski definition) is 2. The van der Waals surface area contributed by atoms with Crippen LogP contribution < -0.4 is 5.32 Å². The van der Waals surface area contributed by atoms with Crippen molar-refractivity contribution in [2.45, 2.75) is 75.5 Å². The normalized spacial score (nSPS) is 43.3. The Morgan fingerprint density at radius 3 is 2.11 bits per heavy atom. The van der Waals surface area contributed by atoms with Crippen LogP contribution in [0.15, 0.2) is 0 Å². The molecule has 1 aliphatic carbocycles. The van der Waals surface area contributed by atoms with Crippen molar-refractivity contribution in [1.29, 1.82) is 0 Å². The lowest BCUT2D eigenvalue weighted by atomic mass is 9.85. The van der Waals surface area contributed by atoms with E-state index in [0.29, 0.717) is 12.1 Å². The molecule has 108 valence electrons. The predicted molar refractivity (Wildman–Crippen MR) is 74.1 cm³/mol. The summed E-state index contributed by atoms with van der Waals surface area (Å²) in [6.07, 6.45) is 9.09. The second-order valence-corrected chi connectivity index (χ2v) is 6.77. The Bertz CT molecular complexity index is 325. The minimum absolute atomic E-state index is 0.0910. The number of carboxylic acid groups (broad SMARTS) is 1. The van der Waals surface area contributed by atoms with Gasteiger partial charge in [0.2, 0.25) is 0 Å². The fraction of sp³-hybridized carbons (Fsp3) is 0.933. The molecule has 2 unspecified atom stereocenters. The molecule has 3 aliphatic rings. The standard InChI is InChI=1S/C15H26N2O2/c1-17-13-6-7-14(17)9-12(8-13)16-11-4-2-10(3-5-11)15(18)19/h10-14,16H,2-9H2,1H3,(H,18,19). The Kier molecular flexibility index (Phi) is 3.81. The lowest BCUT2D eigenvalue weighted by Gasteiger charge is -2.39. The lowest BCUT2D eigenvalue weighted by molar-refractivity contribution is -0.142. The summed E-state index contributed by atoms with van der Waals surface area (Å²) in [5, 5.41) is 12.8. The van der Waals surface area contributed by atoms with E-state index < -0.39 is 5.97 Å². The highest BCUT2D eigenvalue weighted by molar-refractivity contribution is 5.70. The molecule has 2 aliphatic heterocycles. The highest BCUT2D eigenvalue weighted by atomic mass is 16.4. The Morgan fingerprint density at radius 2 is 1.58 bits per heavy atom. The van der Waals surface area contributed by atoms with E-state index in [1.807, 2.05) is 0 Å². The summed E-state index contributed by atoms with van der Waals surface area (Å²) in [4.78, 5) is 13.5. The van der Waals surface area contributed by atoms with Gasteiger partial charge in [-0.1, -0.05) is 0 Å². The van der Waals surface area contributed by atoms with Crippen molar-refractivity contribution in [2.75, 3.05) is 7.05 Å². The molecule has 3 fully saturated rings. The molecule has 0 radical (unpaired) electrons. The first-order valence-electron chi connectivity index (χ1n) is 7.84. The first-order chi connectivity index (χ1) is 9.13. The lowest BCUT2D eigenvalue weighted by Crippen LogP contribution is -2.50. The van der Waals surface area contributed by atoms with Crippen LogP contribution in [0.2, 0.25) is 0 Å². The highest BCUT2D eigenvalue weighted by Crippen LogP contribution is 2.35. The van der Waals surface area contributed by atoms with E-state index >= 15 is 0 Å². The van der Waals surface area contributed by atoms with Gasteiger partial charge in [0.1, 0.15) is 0 Å². The molecule has 2 N–H and O–H groups in total. The molecule has 0 aromatic rings. The molecule has 3 rings (SSSR count). The number of fused-ring (bicyclic) bond motifs is 2. The maximum absolute atomic E-state index is 11.0. The molecule has 4 heteroatoms. The molecular weight excluding hydrogens is 240 g/mol. The number of rotatable bonds is 3. The van der Waals surface area contributed by atoms with Crippen molar-refractivity contribution in [3.05, 3.63) is 0 Å². The predicted octanol–water partition coefficient (Wildman–Crippen LogP) is 1.84. The average molecular weight is 266 g/mol. The smallest absolute Gasteiger partial charge is 0.306 e. The minimum atomic E-state index is -0.601. The second-order valence-electron chi connectivity index (χ2n) is 6.77. The number of carbonyl (C=O) groups is 1. The van der Waals surface area contributed by atoms with Crippen LogP contribution in [0.1, 0.15) is 51.4 Å². The summed E-state index contributed by atoms with van der Waals surface area (Å²) in [6.45, 7) is 0. The summed E-state index contributed by atoms with van der Waals surface area (Å²) in [5.74, 6) is -0.692. The Hall–Kier alpha value is -0.610. The minimum Gasteiger partial charge on any atom is -0.481 e. The third-order valence-corrected chi connectivity index (χ3v) is 5.65. The van der Waals surface area contributed by atoms with Crippen LogP contribution in [0.5, 0.6) is 0 Å². The van der Waals surface area contributed by atoms with Gasteiger partial charge in [-0.15, -0.1) is 0 Å². The van der Waals surface area contributed by atoms with E-state index in [1.165, 1.54) is 25.7 Å². The van der Waals surface area contributed by atoms with E-state index in [0.717, 1.165) is 37.8 Å². The van der Waals surface area contributed by atoms with Gasteiger partial charge in [-0.2, -0.15) is 0 Å². The molecule has 2 bridgehead atoms. The maximum Gasteiger partial charge on any atom is 0.306 e. The molecular formula is C15H26N2O2. The summed E-state index contributed by atoms with van der Waals surface area (Å²) >= 11 is 0. The molecule has 0 spiro atoms. The molecule has 19 heavy (non-hydrogen) atoms. The van der Waals surface area contributed by atoms with Gasteiger partial charge in [-0.05, 0) is 58.4 Å². The van der Waals surface area contributed by atoms with Gasteiger partial charge in [0, 0.05) is 24.2 Å². The molecule has 4 nitrogen and oxygen atoms in total. The van der Waals surface area contributed by atoms with Gasteiger partial charge in [0.15, 0.2) is 0 Å². The zero-order valence-corrected chi connectivity index (χ0v) is 11.8. The van der Waals surface area contributed by atoms with Crippen LogP contribution in [-0.2, 0) is 4.79 Å². The first kappa shape index (κ1) is 13.4. The topological polar surface area (TPSA) is 52.6 Å². The van der Waals surface area contributed by atoms with Crippen LogP contribution in [0, 0.1) is 5.92 Å². The van der Waals surface area contributed by atoms with Gasteiger partial charge < -0.3 is 15.3 Å². The van der Waals surface area contributed by atoms with E-state index in [4.69, 9.17) is 5.11 Å². The SMILES string of the molecule is CN1C2CCC1CC(NC1CCC(C(=O)O)CC1)C2. The second kappa shape index (κ2) is 5.41. The van der Waals surface area contributed by atoms with Crippen LogP contribution in [0.4, 0.5) is 0 Å². The van der Waals surface area contributed by atoms with Crippen molar-refractivity contribution in [2.24, 2.45) is 5.92 Å². The fourth-order valence-electron chi connectivity index (χ4n) is 4.39. The average Bonchev–Trinajstić information content (AvgIpc) is 2.63. The summed E-state index contributed by atoms with van der Waals surface area (Å²) in [7, 11) is 2.27.